The fourth-order valence-electron chi connectivity index (χ4n) is 2.59. The van der Waals surface area contributed by atoms with Crippen LogP contribution in [0.15, 0.2) is 71.3 Å². The molecular weight excluding hydrogens is 384 g/mol. The summed E-state index contributed by atoms with van der Waals surface area (Å²) in [6.45, 7) is 0.227. The quantitative estimate of drug-likeness (QED) is 0.412. The second kappa shape index (κ2) is 9.05. The number of amides is 1. The number of benzene rings is 2. The highest BCUT2D eigenvalue weighted by Gasteiger charge is 2.19. The molecule has 8 heteroatoms. The first kappa shape index (κ1) is 19.4. The van der Waals surface area contributed by atoms with Crippen LogP contribution in [0.25, 0.3) is 0 Å². The SMILES string of the molecule is O=C(COc1ccccc1[N+](=O)[O-])N(Cc1ccc(Cl)cc1)Cc1ccco1. The van der Waals surface area contributed by atoms with E-state index in [4.69, 9.17) is 20.8 Å². The lowest BCUT2D eigenvalue weighted by molar-refractivity contribution is -0.385. The highest BCUT2D eigenvalue weighted by Crippen LogP contribution is 2.26. The molecule has 28 heavy (non-hydrogen) atoms. The molecule has 0 atom stereocenters. The Balaban J connectivity index is 1.72. The minimum atomic E-state index is -0.547. The monoisotopic (exact) mass is 400 g/mol. The Morgan fingerprint density at radius 1 is 1.07 bits per heavy atom. The summed E-state index contributed by atoms with van der Waals surface area (Å²) in [4.78, 5) is 24.9. The number of para-hydroxylation sites is 2. The highest BCUT2D eigenvalue weighted by molar-refractivity contribution is 6.30. The van der Waals surface area contributed by atoms with E-state index < -0.39 is 4.92 Å². The van der Waals surface area contributed by atoms with Gasteiger partial charge in [0.25, 0.3) is 5.91 Å². The molecule has 1 amide bonds. The third-order valence-corrected chi connectivity index (χ3v) is 4.23. The van der Waals surface area contributed by atoms with Gasteiger partial charge in [-0.3, -0.25) is 14.9 Å². The van der Waals surface area contributed by atoms with Crippen molar-refractivity contribution in [3.8, 4) is 5.75 Å². The molecule has 0 radical (unpaired) electrons. The number of nitro benzene ring substituents is 1. The van der Waals surface area contributed by atoms with Gasteiger partial charge in [0.05, 0.1) is 17.7 Å². The summed E-state index contributed by atoms with van der Waals surface area (Å²) >= 11 is 5.91. The standard InChI is InChI=1S/C20H17ClN2O5/c21-16-9-7-15(8-10-16)12-22(13-17-4-3-11-27-17)20(24)14-28-19-6-2-1-5-18(19)23(25)26/h1-11H,12-14H2. The maximum absolute atomic E-state index is 12.8. The smallest absolute Gasteiger partial charge is 0.310 e. The third-order valence-electron chi connectivity index (χ3n) is 3.98. The first-order valence-electron chi connectivity index (χ1n) is 8.44. The summed E-state index contributed by atoms with van der Waals surface area (Å²) in [6.07, 6.45) is 1.53. The van der Waals surface area contributed by atoms with Crippen molar-refractivity contribution in [2.75, 3.05) is 6.61 Å². The van der Waals surface area contributed by atoms with Gasteiger partial charge in [0.1, 0.15) is 5.76 Å². The average Bonchev–Trinajstić information content (AvgIpc) is 3.20. The summed E-state index contributed by atoms with van der Waals surface area (Å²) in [5.74, 6) is 0.336. The van der Waals surface area contributed by atoms with E-state index in [9.17, 15) is 14.9 Å². The summed E-state index contributed by atoms with van der Waals surface area (Å²) in [5, 5.41) is 11.7. The van der Waals surface area contributed by atoms with Crippen LogP contribution >= 0.6 is 11.6 Å². The Morgan fingerprint density at radius 2 is 1.82 bits per heavy atom. The minimum absolute atomic E-state index is 0.0466. The molecule has 0 N–H and O–H groups in total. The van der Waals surface area contributed by atoms with Crippen LogP contribution in [0, 0.1) is 10.1 Å². The second-order valence-corrected chi connectivity index (χ2v) is 6.41. The Bertz CT molecular complexity index is 941. The lowest BCUT2D eigenvalue weighted by Crippen LogP contribution is -2.34. The number of furan rings is 1. The van der Waals surface area contributed by atoms with E-state index >= 15 is 0 Å². The third kappa shape index (κ3) is 5.11. The number of rotatable bonds is 8. The normalized spacial score (nSPS) is 10.5. The molecule has 0 spiro atoms. The van der Waals surface area contributed by atoms with Gasteiger partial charge in [-0.1, -0.05) is 35.9 Å². The van der Waals surface area contributed by atoms with Gasteiger partial charge < -0.3 is 14.1 Å². The molecule has 0 aliphatic rings. The predicted molar refractivity (Wildman–Crippen MR) is 103 cm³/mol. The number of hydrogen-bond donors (Lipinski definition) is 0. The molecule has 2 aromatic carbocycles. The lowest BCUT2D eigenvalue weighted by Gasteiger charge is -2.22. The number of ether oxygens (including phenoxy) is 1. The molecular formula is C20H17ClN2O5. The van der Waals surface area contributed by atoms with Gasteiger partial charge in [-0.2, -0.15) is 0 Å². The van der Waals surface area contributed by atoms with Crippen LogP contribution in [0.1, 0.15) is 11.3 Å². The van der Waals surface area contributed by atoms with Crippen LogP contribution in [0.3, 0.4) is 0 Å². The van der Waals surface area contributed by atoms with Crippen LogP contribution in [-0.2, 0) is 17.9 Å². The van der Waals surface area contributed by atoms with Crippen LogP contribution in [0.2, 0.25) is 5.02 Å². The molecule has 0 fully saturated rings. The lowest BCUT2D eigenvalue weighted by atomic mass is 10.2. The van der Waals surface area contributed by atoms with Crippen molar-refractivity contribution in [2.24, 2.45) is 0 Å². The number of nitrogens with zero attached hydrogens (tertiary/aromatic N) is 2. The molecule has 0 aliphatic heterocycles. The molecule has 144 valence electrons. The predicted octanol–water partition coefficient (Wildman–Crippen LogP) is 4.45. The average molecular weight is 401 g/mol. The molecule has 0 bridgehead atoms. The first-order chi connectivity index (χ1) is 13.5. The van der Waals surface area contributed by atoms with Crippen molar-refractivity contribution in [3.63, 3.8) is 0 Å². The summed E-state index contributed by atoms with van der Waals surface area (Å²) in [5.41, 5.74) is 0.695. The maximum Gasteiger partial charge on any atom is 0.310 e. The van der Waals surface area contributed by atoms with Crippen LogP contribution in [0.5, 0.6) is 5.75 Å². The molecule has 0 aliphatic carbocycles. The molecule has 0 saturated carbocycles. The van der Waals surface area contributed by atoms with Crippen molar-refractivity contribution in [1.29, 1.82) is 0 Å². The molecule has 1 aromatic heterocycles. The van der Waals surface area contributed by atoms with Gasteiger partial charge in [0.2, 0.25) is 0 Å². The summed E-state index contributed by atoms with van der Waals surface area (Å²) in [7, 11) is 0. The molecule has 7 nitrogen and oxygen atoms in total. The first-order valence-corrected chi connectivity index (χ1v) is 8.81. The Morgan fingerprint density at radius 3 is 2.50 bits per heavy atom. The maximum atomic E-state index is 12.8. The Kier molecular flexibility index (Phi) is 6.29. The highest BCUT2D eigenvalue weighted by atomic mass is 35.5. The topological polar surface area (TPSA) is 85.8 Å². The zero-order valence-corrected chi connectivity index (χ0v) is 15.5. The van der Waals surface area contributed by atoms with E-state index in [2.05, 4.69) is 0 Å². The molecule has 0 saturated heterocycles. The zero-order chi connectivity index (χ0) is 19.9. The molecule has 0 unspecified atom stereocenters. The van der Waals surface area contributed by atoms with Gasteiger partial charge in [-0.05, 0) is 35.9 Å². The number of halogens is 1. The fraction of sp³-hybridized carbons (Fsp3) is 0.150. The van der Waals surface area contributed by atoms with E-state index in [1.54, 1.807) is 35.2 Å². The molecule has 1 heterocycles. The van der Waals surface area contributed by atoms with Crippen LogP contribution in [0.4, 0.5) is 5.69 Å². The van der Waals surface area contributed by atoms with Crippen molar-refractivity contribution in [2.45, 2.75) is 13.1 Å². The van der Waals surface area contributed by atoms with Crippen LogP contribution < -0.4 is 4.74 Å². The molecule has 3 aromatic rings. The van der Waals surface area contributed by atoms with E-state index in [1.165, 1.54) is 24.5 Å². The van der Waals surface area contributed by atoms with Crippen molar-refractivity contribution < 1.29 is 18.9 Å². The summed E-state index contributed by atoms with van der Waals surface area (Å²) < 4.78 is 10.8. The summed E-state index contributed by atoms with van der Waals surface area (Å²) in [6, 6.07) is 16.6. The zero-order valence-electron chi connectivity index (χ0n) is 14.8. The largest absolute Gasteiger partial charge is 0.477 e. The van der Waals surface area contributed by atoms with Crippen molar-refractivity contribution >= 4 is 23.2 Å². The number of hydrogen-bond acceptors (Lipinski definition) is 5. The Hall–Kier alpha value is -3.32. The van der Waals surface area contributed by atoms with E-state index in [1.807, 2.05) is 12.1 Å². The van der Waals surface area contributed by atoms with E-state index in [0.29, 0.717) is 17.3 Å². The van der Waals surface area contributed by atoms with Gasteiger partial charge in [0.15, 0.2) is 12.4 Å². The minimum Gasteiger partial charge on any atom is -0.477 e. The number of carbonyl (C=O) groups excluding carboxylic acids is 1. The number of nitro groups is 1. The van der Waals surface area contributed by atoms with E-state index in [-0.39, 0.29) is 30.5 Å². The number of carbonyl (C=O) groups is 1. The van der Waals surface area contributed by atoms with Crippen LogP contribution in [-0.4, -0.2) is 22.3 Å². The second-order valence-electron chi connectivity index (χ2n) is 5.97. The van der Waals surface area contributed by atoms with E-state index in [0.717, 1.165) is 5.56 Å². The van der Waals surface area contributed by atoms with Crippen molar-refractivity contribution in [1.82, 2.24) is 4.90 Å². The van der Waals surface area contributed by atoms with Crippen molar-refractivity contribution in [3.05, 3.63) is 93.4 Å². The van der Waals surface area contributed by atoms with Gasteiger partial charge in [-0.25, -0.2) is 0 Å². The molecule has 3 rings (SSSR count). The Labute approximate surface area is 166 Å². The van der Waals surface area contributed by atoms with Gasteiger partial charge in [-0.15, -0.1) is 0 Å². The van der Waals surface area contributed by atoms with Gasteiger partial charge >= 0.3 is 5.69 Å². The fourth-order valence-corrected chi connectivity index (χ4v) is 2.72. The van der Waals surface area contributed by atoms with Gasteiger partial charge in [0, 0.05) is 17.6 Å².